The largest absolute Gasteiger partial charge is 0.673 e. The zero-order valence-electron chi connectivity index (χ0n) is 15.3. The van der Waals surface area contributed by atoms with Gasteiger partial charge in [-0.2, -0.15) is 8.78 Å². The molecule has 1 aromatic heterocycles. The highest BCUT2D eigenvalue weighted by molar-refractivity contribution is 6.50. The summed E-state index contributed by atoms with van der Waals surface area (Å²) in [5, 5.41) is 3.94. The highest BCUT2D eigenvalue weighted by atomic mass is 19.5. The van der Waals surface area contributed by atoms with Gasteiger partial charge in [-0.1, -0.05) is 25.5 Å². The molecule has 0 aliphatic carbocycles. The van der Waals surface area contributed by atoms with Gasteiger partial charge in [0.2, 0.25) is 41.1 Å². The standard InChI is InChI=1S/C15H15F5N3O.BF4/c1-15(2,3)7-4-24-5-8-21-23(6-22(7)8)14-12(19)10(17)9(16)11(18)13(14)20;2-1(3,4)5/h6-7H,4-5H2,1-3H3;/q+1;-1/t7-;/m1./s1. The Kier molecular flexibility index (Phi) is 6.26. The Labute approximate surface area is 159 Å². The Balaban J connectivity index is 0.000000537. The van der Waals surface area contributed by atoms with Gasteiger partial charge in [-0.15, -0.1) is 0 Å². The van der Waals surface area contributed by atoms with Crippen molar-refractivity contribution in [2.75, 3.05) is 6.61 Å². The second-order valence-corrected chi connectivity index (χ2v) is 7.19. The fourth-order valence-corrected chi connectivity index (χ4v) is 2.66. The molecule has 4 nitrogen and oxygen atoms in total. The summed E-state index contributed by atoms with van der Waals surface area (Å²) in [4.78, 5) is 0. The number of halogens is 9. The van der Waals surface area contributed by atoms with Crippen molar-refractivity contribution in [1.29, 1.82) is 0 Å². The molecule has 0 radical (unpaired) electrons. The van der Waals surface area contributed by atoms with Crippen LogP contribution in [-0.2, 0) is 11.3 Å². The van der Waals surface area contributed by atoms with Gasteiger partial charge < -0.3 is 22.0 Å². The lowest BCUT2D eigenvalue weighted by Gasteiger charge is -2.31. The zero-order valence-corrected chi connectivity index (χ0v) is 15.3. The molecule has 0 saturated heterocycles. The van der Waals surface area contributed by atoms with Gasteiger partial charge in [0.15, 0.2) is 0 Å². The van der Waals surface area contributed by atoms with E-state index in [2.05, 4.69) is 5.10 Å². The number of benzene rings is 1. The van der Waals surface area contributed by atoms with E-state index >= 15 is 0 Å². The first kappa shape index (κ1) is 23.0. The van der Waals surface area contributed by atoms with E-state index in [1.807, 2.05) is 20.8 Å². The molecule has 29 heavy (non-hydrogen) atoms. The molecule has 0 bridgehead atoms. The maximum Gasteiger partial charge on any atom is 0.673 e. The molecule has 0 fully saturated rings. The summed E-state index contributed by atoms with van der Waals surface area (Å²) in [5.41, 5.74) is -1.37. The van der Waals surface area contributed by atoms with Crippen LogP contribution in [0.25, 0.3) is 5.69 Å². The van der Waals surface area contributed by atoms with E-state index in [0.29, 0.717) is 17.1 Å². The van der Waals surface area contributed by atoms with Crippen LogP contribution >= 0.6 is 0 Å². The average molecular weight is 435 g/mol. The topological polar surface area (TPSA) is 30.9 Å². The molecule has 2 aromatic rings. The van der Waals surface area contributed by atoms with Crippen LogP contribution in [-0.4, -0.2) is 23.6 Å². The van der Waals surface area contributed by atoms with Gasteiger partial charge in [-0.3, -0.25) is 0 Å². The van der Waals surface area contributed by atoms with Gasteiger partial charge in [-0.25, -0.2) is 17.7 Å². The number of hydrogen-bond acceptors (Lipinski definition) is 2. The Morgan fingerprint density at radius 1 is 0.966 bits per heavy atom. The molecule has 3 rings (SSSR count). The average Bonchev–Trinajstić information content (AvgIpc) is 2.99. The molecule has 162 valence electrons. The molecule has 0 amide bonds. The summed E-state index contributed by atoms with van der Waals surface area (Å²) in [6.07, 6.45) is 1.23. The quantitative estimate of drug-likeness (QED) is 0.220. The lowest BCUT2D eigenvalue weighted by Crippen LogP contribution is -2.53. The second-order valence-electron chi connectivity index (χ2n) is 7.19. The molecule has 0 N–H and O–H groups in total. The lowest BCUT2D eigenvalue weighted by molar-refractivity contribution is -0.755. The van der Waals surface area contributed by atoms with Crippen LogP contribution in [0.15, 0.2) is 6.33 Å². The van der Waals surface area contributed by atoms with Crippen molar-refractivity contribution in [1.82, 2.24) is 9.78 Å². The predicted molar refractivity (Wildman–Crippen MR) is 81.9 cm³/mol. The number of ether oxygens (including phenoxy) is 1. The summed E-state index contributed by atoms with van der Waals surface area (Å²) in [6.45, 7) is 6.26. The minimum atomic E-state index is -6.00. The van der Waals surface area contributed by atoms with Gasteiger partial charge in [0.05, 0.1) is 6.61 Å². The molecule has 14 heteroatoms. The second kappa shape index (κ2) is 7.88. The maximum absolute atomic E-state index is 14.0. The van der Waals surface area contributed by atoms with Crippen LogP contribution in [0.1, 0.15) is 32.6 Å². The lowest BCUT2D eigenvalue weighted by atomic mass is 9.86. The van der Waals surface area contributed by atoms with E-state index in [-0.39, 0.29) is 18.1 Å². The molecule has 1 aromatic carbocycles. The van der Waals surface area contributed by atoms with Crippen LogP contribution in [0.4, 0.5) is 39.2 Å². The molecular weight excluding hydrogens is 420 g/mol. The van der Waals surface area contributed by atoms with Crippen molar-refractivity contribution in [3.8, 4) is 5.69 Å². The molecule has 1 atom stereocenters. The normalized spacial score (nSPS) is 16.9. The van der Waals surface area contributed by atoms with Gasteiger partial charge in [-0.05, 0) is 5.41 Å². The van der Waals surface area contributed by atoms with E-state index in [4.69, 9.17) is 4.74 Å². The highest BCUT2D eigenvalue weighted by Crippen LogP contribution is 2.30. The van der Waals surface area contributed by atoms with Crippen LogP contribution in [0.5, 0.6) is 0 Å². The summed E-state index contributed by atoms with van der Waals surface area (Å²) in [7, 11) is -6.00. The molecule has 0 saturated carbocycles. The van der Waals surface area contributed by atoms with Crippen molar-refractivity contribution in [3.63, 3.8) is 0 Å². The summed E-state index contributed by atoms with van der Waals surface area (Å²) < 4.78 is 115. The highest BCUT2D eigenvalue weighted by Gasteiger charge is 2.39. The monoisotopic (exact) mass is 435 g/mol. The van der Waals surface area contributed by atoms with Crippen LogP contribution in [0.3, 0.4) is 0 Å². The first-order chi connectivity index (χ1) is 13.1. The van der Waals surface area contributed by atoms with Crippen LogP contribution in [0.2, 0.25) is 0 Å². The first-order valence-electron chi connectivity index (χ1n) is 8.09. The number of rotatable bonds is 1. The minimum absolute atomic E-state index is 0.0784. The molecule has 0 spiro atoms. The number of hydrogen-bond donors (Lipinski definition) is 0. The van der Waals surface area contributed by atoms with Crippen molar-refractivity contribution in [3.05, 3.63) is 41.2 Å². The van der Waals surface area contributed by atoms with Gasteiger partial charge in [0.1, 0.15) is 12.6 Å². The van der Waals surface area contributed by atoms with Crippen molar-refractivity contribution < 1.29 is 48.5 Å². The Morgan fingerprint density at radius 3 is 1.86 bits per heavy atom. The molecule has 2 heterocycles. The van der Waals surface area contributed by atoms with Gasteiger partial charge >= 0.3 is 13.1 Å². The Morgan fingerprint density at radius 2 is 1.41 bits per heavy atom. The van der Waals surface area contributed by atoms with E-state index in [1.165, 1.54) is 6.33 Å². The Bertz CT molecular complexity index is 873. The third-order valence-corrected chi connectivity index (χ3v) is 4.01. The smallest absolute Gasteiger partial charge is 0.418 e. The van der Waals surface area contributed by atoms with E-state index < -0.39 is 42.0 Å². The molecule has 0 unspecified atom stereocenters. The zero-order chi connectivity index (χ0) is 22.3. The van der Waals surface area contributed by atoms with Crippen molar-refractivity contribution >= 4 is 7.25 Å². The van der Waals surface area contributed by atoms with Crippen molar-refractivity contribution in [2.45, 2.75) is 33.4 Å². The summed E-state index contributed by atoms with van der Waals surface area (Å²) in [5.74, 6) is -9.74. The SMILES string of the molecule is CC(C)(C)[C@H]1COCc2nn(-c3c(F)c(F)c(F)c(F)c3F)c[n+]21.F[B-](F)(F)F. The third-order valence-electron chi connectivity index (χ3n) is 4.01. The fraction of sp³-hybridized carbons (Fsp3) is 0.467. The third kappa shape index (κ3) is 5.03. The van der Waals surface area contributed by atoms with Crippen LogP contribution < -0.4 is 4.57 Å². The van der Waals surface area contributed by atoms with E-state index in [9.17, 15) is 39.2 Å². The molecular formula is C15H15BF9N3O. The predicted octanol–water partition coefficient (Wildman–Crippen LogP) is 4.27. The molecule has 1 aliphatic rings. The van der Waals surface area contributed by atoms with Crippen molar-refractivity contribution in [2.24, 2.45) is 5.41 Å². The molecule has 1 aliphatic heterocycles. The van der Waals surface area contributed by atoms with Gasteiger partial charge in [0.25, 0.3) is 0 Å². The van der Waals surface area contributed by atoms with Gasteiger partial charge in [0, 0.05) is 5.10 Å². The van der Waals surface area contributed by atoms with Crippen LogP contribution in [0, 0.1) is 34.5 Å². The fourth-order valence-electron chi connectivity index (χ4n) is 2.66. The first-order valence-corrected chi connectivity index (χ1v) is 8.09. The number of nitrogens with zero attached hydrogens (tertiary/aromatic N) is 3. The number of fused-ring (bicyclic) bond motifs is 1. The summed E-state index contributed by atoms with van der Waals surface area (Å²) >= 11 is 0. The van der Waals surface area contributed by atoms with E-state index in [0.717, 1.165) is 0 Å². The summed E-state index contributed by atoms with van der Waals surface area (Å²) in [6, 6.07) is -0.198. The number of aromatic nitrogens is 3. The van der Waals surface area contributed by atoms with E-state index in [1.54, 1.807) is 4.57 Å². The minimum Gasteiger partial charge on any atom is -0.418 e. The Hall–Kier alpha value is -2.25. The maximum atomic E-state index is 14.0.